The van der Waals surface area contributed by atoms with Gasteiger partial charge in [-0.2, -0.15) is 0 Å². The number of benzene rings is 2. The van der Waals surface area contributed by atoms with E-state index in [2.05, 4.69) is 65.5 Å². The fourth-order valence-electron chi connectivity index (χ4n) is 5.96. The predicted octanol–water partition coefficient (Wildman–Crippen LogP) is 3.67. The van der Waals surface area contributed by atoms with Crippen LogP contribution in [0.5, 0.6) is 0 Å². The van der Waals surface area contributed by atoms with E-state index in [9.17, 15) is 20.2 Å². The van der Waals surface area contributed by atoms with E-state index >= 15 is 0 Å². The summed E-state index contributed by atoms with van der Waals surface area (Å²) in [6, 6.07) is 14.4. The molecule has 0 amide bonds. The van der Waals surface area contributed by atoms with Gasteiger partial charge in [0.25, 0.3) is 11.4 Å². The van der Waals surface area contributed by atoms with Crippen LogP contribution >= 0.6 is 0 Å². The maximum Gasteiger partial charge on any atom is 0.269 e. The fraction of sp³-hybridized carbons (Fsp3) is 0.379. The Hall–Kier alpha value is -4.74. The average molecular weight is 559 g/mol. The number of nitro benzene ring substituents is 2. The Labute approximate surface area is 237 Å². The highest BCUT2D eigenvalue weighted by Gasteiger charge is 2.29. The lowest BCUT2D eigenvalue weighted by Gasteiger charge is -2.17. The molecule has 0 saturated carbocycles. The number of aromatic nitrogens is 4. The molecule has 2 fully saturated rings. The van der Waals surface area contributed by atoms with Crippen molar-refractivity contribution in [1.29, 1.82) is 0 Å². The summed E-state index contributed by atoms with van der Waals surface area (Å²) in [6.45, 7) is 5.50. The molecule has 2 unspecified atom stereocenters. The molecular formula is C29H34N8O4+2. The molecule has 2 saturated heterocycles. The van der Waals surface area contributed by atoms with Crippen LogP contribution < -0.4 is 18.9 Å². The number of anilines is 2. The van der Waals surface area contributed by atoms with Crippen LogP contribution in [0.2, 0.25) is 0 Å². The number of hydrogen-bond acceptors (Lipinski definition) is 6. The van der Waals surface area contributed by atoms with E-state index in [0.717, 1.165) is 69.9 Å². The van der Waals surface area contributed by atoms with Crippen LogP contribution in [0.4, 0.5) is 22.7 Å². The Morgan fingerprint density at radius 1 is 0.683 bits per heavy atom. The van der Waals surface area contributed by atoms with Gasteiger partial charge < -0.3 is 9.80 Å². The second kappa shape index (κ2) is 11.4. The van der Waals surface area contributed by atoms with Crippen molar-refractivity contribution in [3.05, 3.63) is 106 Å². The van der Waals surface area contributed by atoms with E-state index in [-0.39, 0.29) is 21.2 Å². The summed E-state index contributed by atoms with van der Waals surface area (Å²) < 4.78 is 9.05. The molecule has 6 rings (SSSR count). The second-order valence-electron chi connectivity index (χ2n) is 10.9. The van der Waals surface area contributed by atoms with E-state index in [4.69, 9.17) is 0 Å². The first-order chi connectivity index (χ1) is 19.9. The summed E-state index contributed by atoms with van der Waals surface area (Å²) in [5.41, 5.74) is 2.29. The maximum absolute atomic E-state index is 10.9. The lowest BCUT2D eigenvalue weighted by Crippen LogP contribution is -2.37. The molecule has 2 aromatic heterocycles. The van der Waals surface area contributed by atoms with Gasteiger partial charge in [0.05, 0.1) is 36.0 Å². The van der Waals surface area contributed by atoms with Crippen LogP contribution in [0.15, 0.2) is 86.0 Å². The Kier molecular flexibility index (Phi) is 7.36. The van der Waals surface area contributed by atoms with Crippen LogP contribution in [-0.4, -0.2) is 45.2 Å². The van der Waals surface area contributed by atoms with Crippen LogP contribution in [0.1, 0.15) is 31.3 Å². The zero-order chi connectivity index (χ0) is 28.3. The van der Waals surface area contributed by atoms with Crippen molar-refractivity contribution in [2.75, 3.05) is 36.0 Å². The van der Waals surface area contributed by atoms with E-state index in [1.807, 2.05) is 24.3 Å². The zero-order valence-corrected chi connectivity index (χ0v) is 22.8. The minimum absolute atomic E-state index is 0.121. The van der Waals surface area contributed by atoms with Gasteiger partial charge in [-0.05, 0) is 24.3 Å². The Balaban J connectivity index is 0.966. The third-order valence-electron chi connectivity index (χ3n) is 8.28. The van der Waals surface area contributed by atoms with E-state index < -0.39 is 0 Å². The monoisotopic (exact) mass is 558 g/mol. The third kappa shape index (κ3) is 5.91. The van der Waals surface area contributed by atoms with Gasteiger partial charge in [-0.15, -0.1) is 0 Å². The maximum atomic E-state index is 10.9. The first kappa shape index (κ1) is 26.5. The number of nitro groups is 2. The van der Waals surface area contributed by atoms with Crippen molar-refractivity contribution in [3.8, 4) is 0 Å². The van der Waals surface area contributed by atoms with Crippen molar-refractivity contribution in [2.24, 2.45) is 0 Å². The molecule has 4 heterocycles. The van der Waals surface area contributed by atoms with Gasteiger partial charge >= 0.3 is 0 Å². The van der Waals surface area contributed by atoms with E-state index in [1.165, 1.54) is 0 Å². The smallest absolute Gasteiger partial charge is 0.269 e. The molecule has 2 aromatic carbocycles. The van der Waals surface area contributed by atoms with Gasteiger partial charge in [-0.25, -0.2) is 18.3 Å². The molecule has 0 radical (unpaired) electrons. The molecule has 2 aliphatic rings. The Morgan fingerprint density at radius 2 is 1.10 bits per heavy atom. The first-order valence-corrected chi connectivity index (χ1v) is 14.0. The first-order valence-electron chi connectivity index (χ1n) is 14.0. The number of non-ortho nitro benzene ring substituents is 2. The van der Waals surface area contributed by atoms with Crippen LogP contribution in [0.3, 0.4) is 0 Å². The van der Waals surface area contributed by atoms with Gasteiger partial charge in [0.2, 0.25) is 12.7 Å². The Bertz CT molecular complexity index is 1400. The predicted molar refractivity (Wildman–Crippen MR) is 152 cm³/mol. The van der Waals surface area contributed by atoms with Gasteiger partial charge in [-0.3, -0.25) is 20.2 Å². The van der Waals surface area contributed by atoms with Crippen molar-refractivity contribution < 1.29 is 19.0 Å². The fourth-order valence-corrected chi connectivity index (χ4v) is 5.96. The van der Waals surface area contributed by atoms with Gasteiger partial charge in [-0.1, -0.05) is 0 Å². The average Bonchev–Trinajstić information content (AvgIpc) is 3.80. The standard InChI is InChI=1S/C29H34N8O4/c38-36(39)26-6-2-24(3-7-26)32-14-10-28(20-32)34-18-16-30(22-34)12-1-13-31-17-19-35(23-31)29-11-15-33(21-29)25-4-8-27(9-5-25)37(40)41/h2-9,16-19,22-23,28-29H,1,10-15,20-21H2/q+2. The topological polar surface area (TPSA) is 110 Å². The second-order valence-corrected chi connectivity index (χ2v) is 10.9. The van der Waals surface area contributed by atoms with Crippen molar-refractivity contribution in [2.45, 2.75) is 44.4 Å². The number of nitrogens with zero attached hydrogens (tertiary/aromatic N) is 8. The molecule has 41 heavy (non-hydrogen) atoms. The van der Waals surface area contributed by atoms with Crippen molar-refractivity contribution >= 4 is 22.7 Å². The molecule has 0 aliphatic carbocycles. The summed E-state index contributed by atoms with van der Waals surface area (Å²) in [4.78, 5) is 25.7. The summed E-state index contributed by atoms with van der Waals surface area (Å²) >= 11 is 0. The number of imidazole rings is 2. The molecule has 12 nitrogen and oxygen atoms in total. The van der Waals surface area contributed by atoms with Crippen LogP contribution in [0.25, 0.3) is 0 Å². The quantitative estimate of drug-likeness (QED) is 0.167. The molecule has 4 aromatic rings. The van der Waals surface area contributed by atoms with Crippen LogP contribution in [-0.2, 0) is 13.1 Å². The summed E-state index contributed by atoms with van der Waals surface area (Å²) in [5.74, 6) is 0. The van der Waals surface area contributed by atoms with Crippen molar-refractivity contribution in [1.82, 2.24) is 9.13 Å². The number of aryl methyl sites for hydroxylation is 2. The summed E-state index contributed by atoms with van der Waals surface area (Å²) in [7, 11) is 0. The van der Waals surface area contributed by atoms with Crippen molar-refractivity contribution in [3.63, 3.8) is 0 Å². The molecule has 0 bridgehead atoms. The molecule has 12 heteroatoms. The highest BCUT2D eigenvalue weighted by atomic mass is 16.6. The minimum atomic E-state index is -0.363. The van der Waals surface area contributed by atoms with Gasteiger partial charge in [0.15, 0.2) is 0 Å². The van der Waals surface area contributed by atoms with E-state index in [0.29, 0.717) is 12.1 Å². The molecule has 2 atom stereocenters. The largest absolute Gasteiger partial charge is 0.367 e. The third-order valence-corrected chi connectivity index (χ3v) is 8.28. The van der Waals surface area contributed by atoms with Gasteiger partial charge in [0, 0.05) is 68.0 Å². The lowest BCUT2D eigenvalue weighted by molar-refractivity contribution is -0.726. The molecule has 0 spiro atoms. The molecule has 0 N–H and O–H groups in total. The number of hydrogen-bond donors (Lipinski definition) is 0. The minimum Gasteiger partial charge on any atom is -0.367 e. The highest BCUT2D eigenvalue weighted by molar-refractivity contribution is 5.52. The lowest BCUT2D eigenvalue weighted by atomic mass is 10.2. The summed E-state index contributed by atoms with van der Waals surface area (Å²) in [6.07, 6.45) is 16.0. The van der Waals surface area contributed by atoms with E-state index in [1.54, 1.807) is 24.3 Å². The molecule has 212 valence electrons. The normalized spacial score (nSPS) is 18.7. The zero-order valence-electron chi connectivity index (χ0n) is 22.8. The summed E-state index contributed by atoms with van der Waals surface area (Å²) in [5, 5.41) is 21.9. The van der Waals surface area contributed by atoms with Gasteiger partial charge in [0.1, 0.15) is 36.9 Å². The Morgan fingerprint density at radius 3 is 1.49 bits per heavy atom. The SMILES string of the molecule is O=[N+]([O-])c1ccc(N2CCC(n3cc[n+](CCC[n+]4ccn(C5CCN(c6ccc([N+](=O)[O-])cc6)C5)c4)c3)C2)cc1. The molecule has 2 aliphatic heterocycles. The van der Waals surface area contributed by atoms with Crippen LogP contribution in [0, 0.1) is 20.2 Å². The highest BCUT2D eigenvalue weighted by Crippen LogP contribution is 2.29. The number of rotatable bonds is 10. The molecular weight excluding hydrogens is 524 g/mol.